The Bertz CT molecular complexity index is 355. The highest BCUT2D eigenvalue weighted by atomic mass is 16.4. The van der Waals surface area contributed by atoms with Crippen LogP contribution in [-0.4, -0.2) is 38.8 Å². The lowest BCUT2D eigenvalue weighted by molar-refractivity contribution is -0.143. The Kier molecular flexibility index (Phi) is 2.73. The average Bonchev–Trinajstić information content (AvgIpc) is 2.77. The summed E-state index contributed by atoms with van der Waals surface area (Å²) >= 11 is 0. The number of hydrogen-bond acceptors (Lipinski definition) is 3. The lowest BCUT2D eigenvalue weighted by Gasteiger charge is -2.22. The molecule has 1 saturated heterocycles. The molecule has 0 bridgehead atoms. The molecule has 1 aliphatic rings. The zero-order chi connectivity index (χ0) is 10.8. The maximum atomic E-state index is 11.2. The van der Waals surface area contributed by atoms with Crippen LogP contribution in [0.3, 0.4) is 0 Å². The van der Waals surface area contributed by atoms with Crippen LogP contribution in [0, 0.1) is 0 Å². The minimum absolute atomic E-state index is 0.527. The minimum atomic E-state index is -0.787. The number of carboxylic acid groups (broad SMARTS) is 1. The molecule has 2 heterocycles. The average molecular weight is 209 g/mol. The summed E-state index contributed by atoms with van der Waals surface area (Å²) in [5.41, 5.74) is 0.770. The van der Waals surface area contributed by atoms with Crippen molar-refractivity contribution in [3.8, 4) is 0 Å². The molecule has 2 rings (SSSR count). The van der Waals surface area contributed by atoms with E-state index in [4.69, 9.17) is 0 Å². The van der Waals surface area contributed by atoms with Gasteiger partial charge in [0.05, 0.1) is 6.20 Å². The summed E-state index contributed by atoms with van der Waals surface area (Å²) in [5, 5.41) is 13.2. The van der Waals surface area contributed by atoms with Crippen LogP contribution in [0.4, 0.5) is 0 Å². The number of aryl methyl sites for hydroxylation is 1. The summed E-state index contributed by atoms with van der Waals surface area (Å²) < 4.78 is 1.64. The van der Waals surface area contributed by atoms with Crippen molar-refractivity contribution in [1.29, 1.82) is 0 Å². The highest BCUT2D eigenvalue weighted by Gasteiger charge is 2.30. The van der Waals surface area contributed by atoms with Gasteiger partial charge in [-0.25, -0.2) is 0 Å². The summed E-state index contributed by atoms with van der Waals surface area (Å²) in [6.45, 7) is 1.73. The molecule has 1 aromatic rings. The van der Waals surface area contributed by atoms with Crippen molar-refractivity contribution < 1.29 is 9.90 Å². The van der Waals surface area contributed by atoms with E-state index >= 15 is 0 Å². The van der Waals surface area contributed by atoms with Gasteiger partial charge in [-0.2, -0.15) is 5.10 Å². The van der Waals surface area contributed by atoms with E-state index in [1.54, 1.807) is 24.1 Å². The molecule has 0 saturated carbocycles. The number of carbonyl (C=O) groups is 1. The molecular weight excluding hydrogens is 194 g/mol. The van der Waals surface area contributed by atoms with Gasteiger partial charge in [-0.15, -0.1) is 0 Å². The number of nitrogens with zero attached hydrogens (tertiary/aromatic N) is 3. The molecule has 0 amide bonds. The van der Waals surface area contributed by atoms with E-state index in [9.17, 15) is 9.90 Å². The van der Waals surface area contributed by atoms with Gasteiger partial charge in [-0.1, -0.05) is 0 Å². The molecule has 0 aromatic carbocycles. The molecule has 0 spiro atoms. The van der Waals surface area contributed by atoms with Gasteiger partial charge < -0.3 is 5.11 Å². The van der Waals surface area contributed by atoms with E-state index in [1.807, 2.05) is 4.90 Å². The van der Waals surface area contributed by atoms with E-state index < -0.39 is 12.0 Å². The third kappa shape index (κ3) is 2.02. The van der Waals surface area contributed by atoms with Crippen molar-refractivity contribution in [3.05, 3.63) is 18.0 Å². The van der Waals surface area contributed by atoms with Crippen LogP contribution in [0.5, 0.6) is 0 Å². The van der Waals surface area contributed by atoms with Gasteiger partial charge in [0.15, 0.2) is 0 Å². The minimum Gasteiger partial charge on any atom is -0.480 e. The van der Waals surface area contributed by atoms with Crippen molar-refractivity contribution in [2.45, 2.75) is 18.9 Å². The molecule has 5 heteroatoms. The van der Waals surface area contributed by atoms with Crippen molar-refractivity contribution in [2.24, 2.45) is 7.05 Å². The highest BCUT2D eigenvalue weighted by molar-refractivity contribution is 5.75. The summed E-state index contributed by atoms with van der Waals surface area (Å²) in [6.07, 6.45) is 5.59. The Hall–Kier alpha value is -1.36. The molecule has 1 aliphatic heterocycles. The highest BCUT2D eigenvalue weighted by Crippen LogP contribution is 2.24. The number of likely N-dealkylation sites (tertiary alicyclic amines) is 1. The molecule has 1 atom stereocenters. The first-order chi connectivity index (χ1) is 7.18. The number of aromatic nitrogens is 2. The van der Waals surface area contributed by atoms with E-state index in [0.29, 0.717) is 0 Å². The fourth-order valence-electron chi connectivity index (χ4n) is 2.09. The Morgan fingerprint density at radius 2 is 2.20 bits per heavy atom. The summed E-state index contributed by atoms with van der Waals surface area (Å²) in [6, 6.07) is -0.527. The van der Waals surface area contributed by atoms with Crippen molar-refractivity contribution in [3.63, 3.8) is 0 Å². The first-order valence-corrected chi connectivity index (χ1v) is 5.14. The molecule has 82 valence electrons. The molecule has 5 nitrogen and oxygen atoms in total. The van der Waals surface area contributed by atoms with Crippen LogP contribution in [-0.2, 0) is 11.8 Å². The maximum absolute atomic E-state index is 11.2. The lowest BCUT2D eigenvalue weighted by atomic mass is 10.1. The molecule has 0 radical (unpaired) electrons. The van der Waals surface area contributed by atoms with Gasteiger partial charge in [0, 0.05) is 18.8 Å². The molecule has 1 aromatic heterocycles. The summed E-state index contributed by atoms with van der Waals surface area (Å²) in [4.78, 5) is 13.2. The zero-order valence-corrected chi connectivity index (χ0v) is 8.76. The Morgan fingerprint density at radius 3 is 2.67 bits per heavy atom. The molecular formula is C10H15N3O2. The number of hydrogen-bond donors (Lipinski definition) is 1. The maximum Gasteiger partial charge on any atom is 0.325 e. The van der Waals surface area contributed by atoms with Gasteiger partial charge in [-0.05, 0) is 25.9 Å². The topological polar surface area (TPSA) is 58.4 Å². The smallest absolute Gasteiger partial charge is 0.325 e. The predicted molar refractivity (Wildman–Crippen MR) is 54.4 cm³/mol. The number of aliphatic carboxylic acids is 1. The number of carboxylic acids is 1. The second-order valence-corrected chi connectivity index (χ2v) is 3.93. The van der Waals surface area contributed by atoms with Crippen LogP contribution in [0.15, 0.2) is 12.4 Å². The van der Waals surface area contributed by atoms with Gasteiger partial charge >= 0.3 is 5.97 Å². The first kappa shape index (κ1) is 10.2. The second kappa shape index (κ2) is 4.02. The normalized spacial score (nSPS) is 19.3. The monoisotopic (exact) mass is 209 g/mol. The first-order valence-electron chi connectivity index (χ1n) is 5.14. The SMILES string of the molecule is Cn1cc([C@H](C(=O)O)N2CCCC2)cn1. The van der Waals surface area contributed by atoms with Crippen molar-refractivity contribution >= 4 is 5.97 Å². The van der Waals surface area contributed by atoms with Crippen LogP contribution in [0.1, 0.15) is 24.4 Å². The van der Waals surface area contributed by atoms with E-state index in [2.05, 4.69) is 5.10 Å². The fraction of sp³-hybridized carbons (Fsp3) is 0.600. The summed E-state index contributed by atoms with van der Waals surface area (Å²) in [7, 11) is 1.80. The van der Waals surface area contributed by atoms with Crippen LogP contribution < -0.4 is 0 Å². The predicted octanol–water partition coefficient (Wildman–Crippen LogP) is 0.642. The van der Waals surface area contributed by atoms with Crippen LogP contribution >= 0.6 is 0 Å². The summed E-state index contributed by atoms with van der Waals surface area (Å²) in [5.74, 6) is -0.787. The van der Waals surface area contributed by atoms with E-state index in [0.717, 1.165) is 31.5 Å². The van der Waals surface area contributed by atoms with Gasteiger partial charge in [0.1, 0.15) is 6.04 Å². The third-order valence-electron chi connectivity index (χ3n) is 2.78. The van der Waals surface area contributed by atoms with E-state index in [1.165, 1.54) is 0 Å². The van der Waals surface area contributed by atoms with Crippen molar-refractivity contribution in [1.82, 2.24) is 14.7 Å². The largest absolute Gasteiger partial charge is 0.480 e. The quantitative estimate of drug-likeness (QED) is 0.793. The zero-order valence-electron chi connectivity index (χ0n) is 8.76. The Balaban J connectivity index is 2.22. The second-order valence-electron chi connectivity index (χ2n) is 3.93. The van der Waals surface area contributed by atoms with E-state index in [-0.39, 0.29) is 0 Å². The van der Waals surface area contributed by atoms with Gasteiger partial charge in [-0.3, -0.25) is 14.4 Å². The van der Waals surface area contributed by atoms with Gasteiger partial charge in [0.2, 0.25) is 0 Å². The van der Waals surface area contributed by atoms with Gasteiger partial charge in [0.25, 0.3) is 0 Å². The van der Waals surface area contributed by atoms with Crippen LogP contribution in [0.25, 0.3) is 0 Å². The standard InChI is InChI=1S/C10H15N3O2/c1-12-7-8(6-11-12)9(10(14)15)13-4-2-3-5-13/h6-7,9H,2-5H2,1H3,(H,14,15)/t9-/m1/s1. The molecule has 1 N–H and O–H groups in total. The number of rotatable bonds is 3. The molecule has 0 unspecified atom stereocenters. The molecule has 0 aliphatic carbocycles. The van der Waals surface area contributed by atoms with Crippen LogP contribution in [0.2, 0.25) is 0 Å². The third-order valence-corrected chi connectivity index (χ3v) is 2.78. The Labute approximate surface area is 88.3 Å². The Morgan fingerprint density at radius 1 is 1.53 bits per heavy atom. The lowest BCUT2D eigenvalue weighted by Crippen LogP contribution is -2.31. The molecule has 15 heavy (non-hydrogen) atoms. The van der Waals surface area contributed by atoms with Crippen molar-refractivity contribution in [2.75, 3.05) is 13.1 Å². The fourth-order valence-corrected chi connectivity index (χ4v) is 2.09. The molecule has 1 fully saturated rings.